The molecule has 0 spiro atoms. The number of hydrogen-bond donors (Lipinski definition) is 1. The molecule has 0 heterocycles. The number of carbonyl (C=O) groups is 2. The summed E-state index contributed by atoms with van der Waals surface area (Å²) >= 11 is 0. The van der Waals surface area contributed by atoms with E-state index >= 15 is 0 Å². The van der Waals surface area contributed by atoms with Crippen molar-refractivity contribution in [2.75, 3.05) is 13.1 Å². The first-order chi connectivity index (χ1) is 9.15. The maximum Gasteiger partial charge on any atom is 0.406 e. The van der Waals surface area contributed by atoms with Crippen molar-refractivity contribution in [3.63, 3.8) is 0 Å². The van der Waals surface area contributed by atoms with E-state index in [2.05, 4.69) is 0 Å². The maximum atomic E-state index is 12.5. The van der Waals surface area contributed by atoms with Crippen LogP contribution in [-0.2, 0) is 4.79 Å². The Morgan fingerprint density at radius 2 is 1.90 bits per heavy atom. The van der Waals surface area contributed by atoms with Crippen molar-refractivity contribution in [3.05, 3.63) is 0 Å². The van der Waals surface area contributed by atoms with Crippen molar-refractivity contribution in [1.29, 1.82) is 0 Å². The summed E-state index contributed by atoms with van der Waals surface area (Å²) in [5.41, 5.74) is 0. The normalized spacial score (nSPS) is 16.6. The summed E-state index contributed by atoms with van der Waals surface area (Å²) in [7, 11) is 0. The third-order valence-electron chi connectivity index (χ3n) is 3.26. The number of carboxylic acids is 1. The van der Waals surface area contributed by atoms with E-state index in [0.717, 1.165) is 9.80 Å². The quantitative estimate of drug-likeness (QED) is 0.818. The molecular formula is C12H19F3N2O3. The molecule has 1 atom stereocenters. The van der Waals surface area contributed by atoms with Crippen molar-refractivity contribution in [2.45, 2.75) is 51.4 Å². The molecule has 0 radical (unpaired) electrons. The molecule has 1 unspecified atom stereocenters. The van der Waals surface area contributed by atoms with Crippen LogP contribution in [0.3, 0.4) is 0 Å². The van der Waals surface area contributed by atoms with E-state index in [0.29, 0.717) is 19.3 Å². The van der Waals surface area contributed by atoms with E-state index in [-0.39, 0.29) is 0 Å². The minimum absolute atomic E-state index is 0.423. The fraction of sp³-hybridized carbons (Fsp3) is 0.833. The molecule has 1 N–H and O–H groups in total. The number of carboxylic acid groups (broad SMARTS) is 1. The highest BCUT2D eigenvalue weighted by Crippen LogP contribution is 2.31. The predicted octanol–water partition coefficient (Wildman–Crippen LogP) is 2.32. The van der Waals surface area contributed by atoms with Gasteiger partial charge < -0.3 is 14.9 Å². The molecule has 0 aromatic carbocycles. The Balaban J connectivity index is 2.85. The Kier molecular flexibility index (Phi) is 5.24. The Labute approximate surface area is 115 Å². The molecule has 1 rings (SSSR count). The first-order valence-corrected chi connectivity index (χ1v) is 6.51. The molecule has 20 heavy (non-hydrogen) atoms. The van der Waals surface area contributed by atoms with Gasteiger partial charge in [0.1, 0.15) is 13.1 Å². The fourth-order valence-corrected chi connectivity index (χ4v) is 1.88. The first kappa shape index (κ1) is 16.6. The smallest absolute Gasteiger partial charge is 0.406 e. The van der Waals surface area contributed by atoms with Crippen LogP contribution in [-0.4, -0.2) is 58.3 Å². The molecule has 1 fully saturated rings. The van der Waals surface area contributed by atoms with Crippen molar-refractivity contribution in [3.8, 4) is 0 Å². The van der Waals surface area contributed by atoms with Crippen LogP contribution in [0.5, 0.6) is 0 Å². The van der Waals surface area contributed by atoms with Crippen molar-refractivity contribution in [1.82, 2.24) is 9.80 Å². The highest BCUT2D eigenvalue weighted by molar-refractivity contribution is 5.81. The van der Waals surface area contributed by atoms with Crippen LogP contribution in [0, 0.1) is 0 Å². The Hall–Kier alpha value is -1.47. The lowest BCUT2D eigenvalue weighted by Crippen LogP contribution is -2.52. The molecule has 1 saturated carbocycles. The maximum absolute atomic E-state index is 12.5. The molecule has 8 heteroatoms. The predicted molar refractivity (Wildman–Crippen MR) is 65.3 cm³/mol. The minimum Gasteiger partial charge on any atom is -0.480 e. The Morgan fingerprint density at radius 3 is 2.25 bits per heavy atom. The van der Waals surface area contributed by atoms with Crippen LogP contribution >= 0.6 is 0 Å². The monoisotopic (exact) mass is 296 g/mol. The van der Waals surface area contributed by atoms with Crippen molar-refractivity contribution < 1.29 is 27.9 Å². The standard InChI is InChI=1S/C12H19F3N2O3/c1-3-8(2)16(6-10(18)19)11(20)17(9-4-5-9)7-12(13,14)15/h8-9H,3-7H2,1-2H3,(H,18,19). The molecule has 0 aromatic rings. The van der Waals surface area contributed by atoms with Gasteiger partial charge in [0.25, 0.3) is 0 Å². The van der Waals surface area contributed by atoms with Crippen molar-refractivity contribution in [2.24, 2.45) is 0 Å². The van der Waals surface area contributed by atoms with Crippen LogP contribution in [0.4, 0.5) is 18.0 Å². The van der Waals surface area contributed by atoms with E-state index in [4.69, 9.17) is 5.11 Å². The zero-order chi connectivity index (χ0) is 15.5. The number of carbonyl (C=O) groups excluding carboxylic acids is 1. The summed E-state index contributed by atoms with van der Waals surface area (Å²) in [5, 5.41) is 8.81. The molecule has 0 saturated heterocycles. The zero-order valence-electron chi connectivity index (χ0n) is 11.5. The lowest BCUT2D eigenvalue weighted by atomic mass is 10.2. The number of nitrogens with zero attached hydrogens (tertiary/aromatic N) is 2. The molecule has 5 nitrogen and oxygen atoms in total. The third-order valence-corrected chi connectivity index (χ3v) is 3.26. The molecule has 0 aliphatic heterocycles. The van der Waals surface area contributed by atoms with Gasteiger partial charge >= 0.3 is 18.2 Å². The number of halogens is 3. The SMILES string of the molecule is CCC(C)N(CC(=O)O)C(=O)N(CC(F)(F)F)C1CC1. The van der Waals surface area contributed by atoms with Gasteiger partial charge in [0.2, 0.25) is 0 Å². The van der Waals surface area contributed by atoms with Crippen LogP contribution in [0.25, 0.3) is 0 Å². The molecule has 1 aliphatic carbocycles. The lowest BCUT2D eigenvalue weighted by molar-refractivity contribution is -0.143. The van der Waals surface area contributed by atoms with Gasteiger partial charge in [-0.05, 0) is 26.2 Å². The fourth-order valence-electron chi connectivity index (χ4n) is 1.88. The zero-order valence-corrected chi connectivity index (χ0v) is 11.5. The van der Waals surface area contributed by atoms with E-state index in [1.54, 1.807) is 13.8 Å². The molecule has 1 aliphatic rings. The molecule has 0 bridgehead atoms. The van der Waals surface area contributed by atoms with Gasteiger partial charge in [0.05, 0.1) is 0 Å². The summed E-state index contributed by atoms with van der Waals surface area (Å²) in [6.07, 6.45) is -2.95. The van der Waals surface area contributed by atoms with Gasteiger partial charge in [0.15, 0.2) is 0 Å². The van der Waals surface area contributed by atoms with Gasteiger partial charge in [-0.25, -0.2) is 4.79 Å². The van der Waals surface area contributed by atoms with Gasteiger partial charge in [-0.1, -0.05) is 6.92 Å². The second-order valence-electron chi connectivity index (χ2n) is 5.04. The van der Waals surface area contributed by atoms with E-state index < -0.39 is 43.3 Å². The topological polar surface area (TPSA) is 60.9 Å². The molecular weight excluding hydrogens is 277 g/mol. The molecule has 2 amide bonds. The van der Waals surface area contributed by atoms with Gasteiger partial charge in [-0.2, -0.15) is 13.2 Å². The number of amides is 2. The number of urea groups is 1. The van der Waals surface area contributed by atoms with Crippen LogP contribution in [0.2, 0.25) is 0 Å². The largest absolute Gasteiger partial charge is 0.480 e. The van der Waals surface area contributed by atoms with E-state index in [1.165, 1.54) is 0 Å². The highest BCUT2D eigenvalue weighted by Gasteiger charge is 2.42. The first-order valence-electron chi connectivity index (χ1n) is 6.51. The number of aliphatic carboxylic acids is 1. The second kappa shape index (κ2) is 6.32. The summed E-state index contributed by atoms with van der Waals surface area (Å²) in [4.78, 5) is 24.8. The number of alkyl halides is 3. The van der Waals surface area contributed by atoms with Crippen LogP contribution in [0.1, 0.15) is 33.1 Å². The molecule has 116 valence electrons. The summed E-state index contributed by atoms with van der Waals surface area (Å²) in [6.45, 7) is 1.45. The van der Waals surface area contributed by atoms with Gasteiger partial charge in [0, 0.05) is 12.1 Å². The second-order valence-corrected chi connectivity index (χ2v) is 5.04. The van der Waals surface area contributed by atoms with E-state index in [1.807, 2.05) is 0 Å². The van der Waals surface area contributed by atoms with Gasteiger partial charge in [-0.15, -0.1) is 0 Å². The van der Waals surface area contributed by atoms with E-state index in [9.17, 15) is 22.8 Å². The average molecular weight is 296 g/mol. The highest BCUT2D eigenvalue weighted by atomic mass is 19.4. The lowest BCUT2D eigenvalue weighted by Gasteiger charge is -2.33. The summed E-state index contributed by atoms with van der Waals surface area (Å²) in [5.74, 6) is -1.23. The summed E-state index contributed by atoms with van der Waals surface area (Å²) < 4.78 is 37.6. The number of hydrogen-bond acceptors (Lipinski definition) is 2. The van der Waals surface area contributed by atoms with Crippen LogP contribution in [0.15, 0.2) is 0 Å². The Morgan fingerprint density at radius 1 is 1.35 bits per heavy atom. The van der Waals surface area contributed by atoms with Gasteiger partial charge in [-0.3, -0.25) is 4.79 Å². The Bertz CT molecular complexity index is 369. The third kappa shape index (κ3) is 4.90. The minimum atomic E-state index is -4.48. The summed E-state index contributed by atoms with van der Waals surface area (Å²) in [6, 6.07) is -1.70. The van der Waals surface area contributed by atoms with Crippen molar-refractivity contribution >= 4 is 12.0 Å². The number of rotatable bonds is 6. The van der Waals surface area contributed by atoms with Crippen LogP contribution < -0.4 is 0 Å². The molecule has 0 aromatic heterocycles. The average Bonchev–Trinajstić information content (AvgIpc) is 3.14.